The van der Waals surface area contributed by atoms with E-state index in [2.05, 4.69) is 58.9 Å². The average molecular weight is 444 g/mol. The number of carboxylic acid groups (broad SMARTS) is 1. The number of aromatic hydroxyl groups is 1. The Morgan fingerprint density at radius 1 is 0.848 bits per heavy atom. The molecule has 0 saturated heterocycles. The van der Waals surface area contributed by atoms with Crippen LogP contribution in [0.5, 0.6) is 5.75 Å². The minimum atomic E-state index is -0.893. The van der Waals surface area contributed by atoms with Gasteiger partial charge in [0.15, 0.2) is 0 Å². The number of hydrogen-bond acceptors (Lipinski definition) is 3. The van der Waals surface area contributed by atoms with E-state index in [0.29, 0.717) is 11.3 Å². The lowest BCUT2D eigenvalue weighted by molar-refractivity contribution is 0.0697. The number of nitrogens with two attached hydrogens (primary N) is 1. The molecule has 33 heavy (non-hydrogen) atoms. The van der Waals surface area contributed by atoms with Gasteiger partial charge in [-0.15, -0.1) is 0 Å². The Kier molecular flexibility index (Phi) is 6.68. The molecule has 0 saturated carbocycles. The van der Waals surface area contributed by atoms with Gasteiger partial charge in [-0.1, -0.05) is 64.1 Å². The Labute approximate surface area is 196 Å². The van der Waals surface area contributed by atoms with E-state index in [1.807, 2.05) is 12.1 Å². The average Bonchev–Trinajstić information content (AvgIpc) is 2.94. The number of anilines is 1. The molecule has 1 aliphatic carbocycles. The van der Waals surface area contributed by atoms with Crippen molar-refractivity contribution in [2.24, 2.45) is 0 Å². The standard InChI is InChI=1S/C23H26O2.C6H7NO/c1-15(12-16-6-8-17(9-7-16)21(24)25)18-10-11-19-20(13-18)23(4,5)14-22(19,2)3;7-5-1-3-6(8)4-2-5/h6-13H,14H2,1-5H3,(H,24,25);1-4,8H,7H2. The van der Waals surface area contributed by atoms with Gasteiger partial charge in [0.2, 0.25) is 0 Å². The molecular weight excluding hydrogens is 410 g/mol. The number of aromatic carboxylic acids is 1. The van der Waals surface area contributed by atoms with Gasteiger partial charge >= 0.3 is 5.97 Å². The van der Waals surface area contributed by atoms with Crippen LogP contribution in [0.1, 0.15) is 73.7 Å². The minimum absolute atomic E-state index is 0.193. The summed E-state index contributed by atoms with van der Waals surface area (Å²) < 4.78 is 0. The summed E-state index contributed by atoms with van der Waals surface area (Å²) in [5.74, 6) is -0.644. The van der Waals surface area contributed by atoms with Crippen molar-refractivity contribution in [2.75, 3.05) is 5.73 Å². The fraction of sp³-hybridized carbons (Fsp3) is 0.276. The zero-order valence-corrected chi connectivity index (χ0v) is 20.0. The summed E-state index contributed by atoms with van der Waals surface area (Å²) in [6.45, 7) is 11.4. The molecule has 1 aliphatic rings. The first kappa shape index (κ1) is 24.1. The van der Waals surface area contributed by atoms with E-state index in [1.165, 1.54) is 22.3 Å². The molecule has 3 aromatic carbocycles. The highest BCUT2D eigenvalue weighted by Gasteiger charge is 2.41. The maximum atomic E-state index is 11.0. The van der Waals surface area contributed by atoms with E-state index in [-0.39, 0.29) is 16.6 Å². The third-order valence-corrected chi connectivity index (χ3v) is 6.25. The first-order valence-electron chi connectivity index (χ1n) is 11.1. The van der Waals surface area contributed by atoms with Crippen LogP contribution in [-0.4, -0.2) is 16.2 Å². The molecule has 0 atom stereocenters. The van der Waals surface area contributed by atoms with Crippen LogP contribution in [0, 0.1) is 0 Å². The molecule has 4 nitrogen and oxygen atoms in total. The number of carbonyl (C=O) groups is 1. The zero-order valence-electron chi connectivity index (χ0n) is 20.0. The molecule has 0 radical (unpaired) electrons. The van der Waals surface area contributed by atoms with Gasteiger partial charge in [0.05, 0.1) is 5.56 Å². The van der Waals surface area contributed by atoms with E-state index in [0.717, 1.165) is 12.0 Å². The fourth-order valence-electron chi connectivity index (χ4n) is 4.76. The Hall–Kier alpha value is -3.53. The van der Waals surface area contributed by atoms with E-state index >= 15 is 0 Å². The van der Waals surface area contributed by atoms with Crippen LogP contribution in [0.4, 0.5) is 5.69 Å². The number of hydrogen-bond donors (Lipinski definition) is 3. The predicted octanol–water partition coefficient (Wildman–Crippen LogP) is 6.88. The van der Waals surface area contributed by atoms with E-state index < -0.39 is 5.97 Å². The Balaban J connectivity index is 0.000000323. The predicted molar refractivity (Wildman–Crippen MR) is 137 cm³/mol. The van der Waals surface area contributed by atoms with Gasteiger partial charge in [-0.2, -0.15) is 0 Å². The van der Waals surface area contributed by atoms with Crippen molar-refractivity contribution in [2.45, 2.75) is 51.9 Å². The van der Waals surface area contributed by atoms with Gasteiger partial charge in [0.25, 0.3) is 0 Å². The Morgan fingerprint density at radius 3 is 1.94 bits per heavy atom. The molecule has 4 heteroatoms. The number of nitrogen functional groups attached to an aromatic ring is 1. The molecule has 0 fully saturated rings. The Bertz CT molecular complexity index is 1150. The molecule has 3 aromatic rings. The smallest absolute Gasteiger partial charge is 0.335 e. The second kappa shape index (κ2) is 9.14. The molecule has 0 bridgehead atoms. The lowest BCUT2D eigenvalue weighted by Crippen LogP contribution is -2.17. The molecule has 0 aliphatic heterocycles. The van der Waals surface area contributed by atoms with Crippen molar-refractivity contribution in [3.63, 3.8) is 0 Å². The maximum Gasteiger partial charge on any atom is 0.335 e. The van der Waals surface area contributed by atoms with Gasteiger partial charge in [-0.3, -0.25) is 0 Å². The lowest BCUT2D eigenvalue weighted by atomic mass is 9.82. The van der Waals surface area contributed by atoms with Crippen LogP contribution < -0.4 is 5.73 Å². The van der Waals surface area contributed by atoms with Crippen molar-refractivity contribution in [1.82, 2.24) is 0 Å². The second-order valence-corrected chi connectivity index (χ2v) is 10.1. The molecular formula is C29H33NO3. The SMILES string of the molecule is CC(=Cc1ccc(C(=O)O)cc1)c1ccc2c(c1)C(C)(C)CC2(C)C.Nc1ccc(O)cc1. The highest BCUT2D eigenvalue weighted by molar-refractivity contribution is 5.88. The molecule has 0 unspecified atom stereocenters. The third-order valence-electron chi connectivity index (χ3n) is 6.25. The van der Waals surface area contributed by atoms with Gasteiger partial charge in [-0.05, 0) is 88.4 Å². The summed E-state index contributed by atoms with van der Waals surface area (Å²) in [5.41, 5.74) is 13.1. The number of benzene rings is 3. The van der Waals surface area contributed by atoms with Crippen molar-refractivity contribution >= 4 is 23.3 Å². The summed E-state index contributed by atoms with van der Waals surface area (Å²) >= 11 is 0. The molecule has 0 spiro atoms. The van der Waals surface area contributed by atoms with Crippen LogP contribution in [0.25, 0.3) is 11.6 Å². The van der Waals surface area contributed by atoms with Crippen molar-refractivity contribution < 1.29 is 15.0 Å². The second-order valence-electron chi connectivity index (χ2n) is 10.1. The normalized spacial score (nSPS) is 15.8. The van der Waals surface area contributed by atoms with Gasteiger partial charge in [0.1, 0.15) is 5.75 Å². The lowest BCUT2D eigenvalue weighted by Gasteiger charge is -2.22. The van der Waals surface area contributed by atoms with Crippen LogP contribution >= 0.6 is 0 Å². The number of allylic oxidation sites excluding steroid dienone is 1. The minimum Gasteiger partial charge on any atom is -0.508 e. The summed E-state index contributed by atoms with van der Waals surface area (Å²) in [6.07, 6.45) is 3.28. The van der Waals surface area contributed by atoms with Crippen LogP contribution in [-0.2, 0) is 10.8 Å². The number of fused-ring (bicyclic) bond motifs is 1. The molecule has 0 heterocycles. The van der Waals surface area contributed by atoms with Crippen LogP contribution in [0.15, 0.2) is 66.7 Å². The summed E-state index contributed by atoms with van der Waals surface area (Å²) in [6, 6.07) is 20.2. The van der Waals surface area contributed by atoms with Gasteiger partial charge < -0.3 is 15.9 Å². The number of carboxylic acids is 1. The number of phenolic OH excluding ortho intramolecular Hbond substituents is 1. The van der Waals surface area contributed by atoms with E-state index in [9.17, 15) is 4.79 Å². The quantitative estimate of drug-likeness (QED) is 0.234. The van der Waals surface area contributed by atoms with Crippen LogP contribution in [0.2, 0.25) is 0 Å². The van der Waals surface area contributed by atoms with Crippen molar-refractivity contribution in [3.05, 3.63) is 94.5 Å². The van der Waals surface area contributed by atoms with Crippen molar-refractivity contribution in [3.8, 4) is 5.75 Å². The number of rotatable bonds is 3. The number of phenols is 1. The molecule has 4 rings (SSSR count). The molecule has 172 valence electrons. The molecule has 0 amide bonds. The highest BCUT2D eigenvalue weighted by atomic mass is 16.4. The van der Waals surface area contributed by atoms with Gasteiger partial charge in [0, 0.05) is 5.69 Å². The topological polar surface area (TPSA) is 83.5 Å². The highest BCUT2D eigenvalue weighted by Crippen LogP contribution is 2.49. The first-order valence-corrected chi connectivity index (χ1v) is 11.1. The fourth-order valence-corrected chi connectivity index (χ4v) is 4.76. The summed E-state index contributed by atoms with van der Waals surface area (Å²) in [7, 11) is 0. The third kappa shape index (κ3) is 5.64. The largest absolute Gasteiger partial charge is 0.508 e. The van der Waals surface area contributed by atoms with Crippen molar-refractivity contribution in [1.29, 1.82) is 0 Å². The molecule has 0 aromatic heterocycles. The van der Waals surface area contributed by atoms with Crippen LogP contribution in [0.3, 0.4) is 0 Å². The van der Waals surface area contributed by atoms with E-state index in [4.69, 9.17) is 15.9 Å². The molecule has 4 N–H and O–H groups in total. The Morgan fingerprint density at radius 2 is 1.39 bits per heavy atom. The van der Waals surface area contributed by atoms with E-state index in [1.54, 1.807) is 36.4 Å². The maximum absolute atomic E-state index is 11.0. The summed E-state index contributed by atoms with van der Waals surface area (Å²) in [5, 5.41) is 17.7. The first-order chi connectivity index (χ1) is 15.4. The summed E-state index contributed by atoms with van der Waals surface area (Å²) in [4.78, 5) is 11.0. The monoisotopic (exact) mass is 443 g/mol. The van der Waals surface area contributed by atoms with Gasteiger partial charge in [-0.25, -0.2) is 4.79 Å². The zero-order chi connectivity index (χ0) is 24.4.